The highest BCUT2D eigenvalue weighted by Crippen LogP contribution is 2.15. The fourth-order valence-corrected chi connectivity index (χ4v) is 4.65. The summed E-state index contributed by atoms with van der Waals surface area (Å²) in [4.78, 5) is 0. The Kier molecular flexibility index (Phi) is 2.96. The molecule has 2 rings (SSSR count). The molecule has 0 bridgehead atoms. The highest BCUT2D eigenvalue weighted by Gasteiger charge is 2.00. The van der Waals surface area contributed by atoms with Crippen molar-refractivity contribution in [3.63, 3.8) is 0 Å². The lowest BCUT2D eigenvalue weighted by atomic mass is 10.1. The van der Waals surface area contributed by atoms with E-state index in [0.29, 0.717) is 0 Å². The molecule has 0 spiro atoms. The molecule has 0 aliphatic heterocycles. The topological polar surface area (TPSA) is 0 Å². The van der Waals surface area contributed by atoms with Crippen LogP contribution in [0.5, 0.6) is 0 Å². The van der Waals surface area contributed by atoms with Crippen LogP contribution < -0.4 is 5.19 Å². The predicted octanol–water partition coefficient (Wildman–Crippen LogP) is 0.428. The molecule has 0 aliphatic carbocycles. The van der Waals surface area contributed by atoms with Gasteiger partial charge < -0.3 is 0 Å². The maximum Gasteiger partial charge on any atom is 0.0392 e. The van der Waals surface area contributed by atoms with Crippen molar-refractivity contribution in [3.8, 4) is 11.1 Å². The van der Waals surface area contributed by atoms with Crippen molar-refractivity contribution in [1.29, 1.82) is 0 Å². The minimum Gasteiger partial charge on any atom is -0.0634 e. The minimum absolute atomic E-state index is 0.0574. The third-order valence-electron chi connectivity index (χ3n) is 2.48. The van der Waals surface area contributed by atoms with Gasteiger partial charge in [-0.2, -0.15) is 0 Å². The summed E-state index contributed by atoms with van der Waals surface area (Å²) in [6.45, 7) is 0. The summed E-state index contributed by atoms with van der Waals surface area (Å²) < 4.78 is 0. The largest absolute Gasteiger partial charge is 0.0634 e. The lowest BCUT2D eigenvalue weighted by Gasteiger charge is -2.06. The first kappa shape index (κ1) is 9.43. The highest BCUT2D eigenvalue weighted by atomic mass is 29.1. The average molecular weight is 214 g/mol. The van der Waals surface area contributed by atoms with E-state index >= 15 is 0 Å². The van der Waals surface area contributed by atoms with Gasteiger partial charge in [-0.3, -0.25) is 0 Å². The quantitative estimate of drug-likeness (QED) is 0.636. The van der Waals surface area contributed by atoms with Gasteiger partial charge in [-0.15, -0.1) is 0 Å². The van der Waals surface area contributed by atoms with Gasteiger partial charge in [0.1, 0.15) is 0 Å². The maximum absolute atomic E-state index is 2.29. The smallest absolute Gasteiger partial charge is 0.0392 e. The molecule has 0 fully saturated rings. The Morgan fingerprint density at radius 2 is 1.43 bits per heavy atom. The van der Waals surface area contributed by atoms with Crippen molar-refractivity contribution in [2.45, 2.75) is 0 Å². The van der Waals surface area contributed by atoms with E-state index in [1.165, 1.54) is 20.9 Å². The fourth-order valence-electron chi connectivity index (χ4n) is 1.73. The number of hydrogen-bond donors (Lipinski definition) is 0. The second-order valence-electron chi connectivity index (χ2n) is 3.38. The van der Waals surface area contributed by atoms with E-state index < -0.39 is 0 Å². The molecule has 0 N–H and O–H groups in total. The Hall–Kier alpha value is -1.13. The van der Waals surface area contributed by atoms with Crippen molar-refractivity contribution in [1.82, 2.24) is 0 Å². The first-order valence-electron chi connectivity index (χ1n) is 5.05. The molecule has 0 amide bonds. The predicted molar refractivity (Wildman–Crippen MR) is 70.0 cm³/mol. The zero-order valence-corrected chi connectivity index (χ0v) is 11.8. The Morgan fingerprint density at radius 3 is 2.14 bits per heavy atom. The van der Waals surface area contributed by atoms with E-state index in [1.807, 2.05) is 0 Å². The van der Waals surface area contributed by atoms with Crippen molar-refractivity contribution in [2.75, 3.05) is 0 Å². The Labute approximate surface area is 90.0 Å². The van der Waals surface area contributed by atoms with Gasteiger partial charge >= 0.3 is 0 Å². The molecule has 2 heteroatoms. The van der Waals surface area contributed by atoms with E-state index in [4.69, 9.17) is 0 Å². The molecule has 0 aliphatic rings. The number of rotatable bonds is 2. The second kappa shape index (κ2) is 4.39. The lowest BCUT2D eigenvalue weighted by molar-refractivity contribution is 1.65. The standard InChI is InChI=1S/C12H14Si2/c13-14-12-9-5-4-8-11(12)10-6-2-1-3-7-10/h1-9H,14H2,13H3. The lowest BCUT2D eigenvalue weighted by Crippen LogP contribution is -2.16. The molecular formula is C12H14Si2. The molecule has 14 heavy (non-hydrogen) atoms. The summed E-state index contributed by atoms with van der Waals surface area (Å²) in [5.41, 5.74) is 2.82. The fraction of sp³-hybridized carbons (Fsp3) is 0. The van der Waals surface area contributed by atoms with Crippen molar-refractivity contribution in [2.24, 2.45) is 0 Å². The Morgan fingerprint density at radius 1 is 0.786 bits per heavy atom. The molecule has 2 aromatic carbocycles. The van der Waals surface area contributed by atoms with Crippen molar-refractivity contribution in [3.05, 3.63) is 54.6 Å². The number of benzene rings is 2. The van der Waals surface area contributed by atoms with Gasteiger partial charge in [0.05, 0.1) is 0 Å². The van der Waals surface area contributed by atoms with Crippen LogP contribution in [0.3, 0.4) is 0 Å². The van der Waals surface area contributed by atoms with Gasteiger partial charge in [-0.05, 0) is 20.9 Å². The van der Waals surface area contributed by atoms with Crippen LogP contribution in [0.1, 0.15) is 0 Å². The molecule has 0 unspecified atom stereocenters. The first-order valence-corrected chi connectivity index (χ1v) is 11.4. The van der Waals surface area contributed by atoms with Crippen LogP contribution in [0.2, 0.25) is 0 Å². The van der Waals surface area contributed by atoms with Crippen LogP contribution in [0.15, 0.2) is 54.6 Å². The molecule has 0 nitrogen and oxygen atoms in total. The Bertz CT molecular complexity index is 410. The summed E-state index contributed by atoms with van der Waals surface area (Å²) >= 11 is 0. The molecule has 0 saturated carbocycles. The van der Waals surface area contributed by atoms with E-state index in [9.17, 15) is 0 Å². The zero-order valence-electron chi connectivity index (χ0n) is 8.40. The van der Waals surface area contributed by atoms with Crippen LogP contribution in [-0.4, -0.2) is 18.8 Å². The van der Waals surface area contributed by atoms with Crippen LogP contribution in [-0.2, 0) is 0 Å². The van der Waals surface area contributed by atoms with Gasteiger partial charge in [0.25, 0.3) is 0 Å². The van der Waals surface area contributed by atoms with Gasteiger partial charge in [-0.25, -0.2) is 0 Å². The van der Waals surface area contributed by atoms with Crippen LogP contribution in [0.4, 0.5) is 0 Å². The van der Waals surface area contributed by atoms with Gasteiger partial charge in [0.15, 0.2) is 0 Å². The normalized spacial score (nSPS) is 11.1. The van der Waals surface area contributed by atoms with Crippen LogP contribution >= 0.6 is 0 Å². The maximum atomic E-state index is 2.29. The van der Waals surface area contributed by atoms with Crippen molar-refractivity contribution >= 4 is 24.0 Å². The van der Waals surface area contributed by atoms with Crippen LogP contribution in [0, 0.1) is 0 Å². The van der Waals surface area contributed by atoms with Gasteiger partial charge in [0, 0.05) is 9.04 Å². The molecule has 0 radical (unpaired) electrons. The second-order valence-corrected chi connectivity index (χ2v) is 6.97. The van der Waals surface area contributed by atoms with Gasteiger partial charge in [0.2, 0.25) is 0 Å². The van der Waals surface area contributed by atoms with E-state index in [2.05, 4.69) is 54.6 Å². The van der Waals surface area contributed by atoms with E-state index in [0.717, 1.165) is 0 Å². The summed E-state index contributed by atoms with van der Waals surface area (Å²) in [5, 5.41) is 1.62. The summed E-state index contributed by atoms with van der Waals surface area (Å²) in [6, 6.07) is 19.5. The molecule has 70 valence electrons. The molecule has 0 atom stereocenters. The highest BCUT2D eigenvalue weighted by molar-refractivity contribution is 6.98. The summed E-state index contributed by atoms with van der Waals surface area (Å²) in [6.07, 6.45) is 0. The molecule has 0 heterocycles. The van der Waals surface area contributed by atoms with E-state index in [-0.39, 0.29) is 9.04 Å². The molecular weight excluding hydrogens is 200 g/mol. The summed E-state index contributed by atoms with van der Waals surface area (Å²) in [5.74, 6) is 0. The molecule has 2 aromatic rings. The minimum atomic E-state index is 0.0574. The van der Waals surface area contributed by atoms with E-state index in [1.54, 1.807) is 5.19 Å². The summed E-state index contributed by atoms with van der Waals surface area (Å²) in [7, 11) is 1.42. The third kappa shape index (κ3) is 1.86. The number of hydrogen-bond acceptors (Lipinski definition) is 0. The van der Waals surface area contributed by atoms with Crippen molar-refractivity contribution < 1.29 is 0 Å². The monoisotopic (exact) mass is 214 g/mol. The molecule has 0 saturated heterocycles. The first-order chi connectivity index (χ1) is 6.92. The van der Waals surface area contributed by atoms with Crippen LogP contribution in [0.25, 0.3) is 11.1 Å². The SMILES string of the molecule is [SiH3][SiH2]c1ccccc1-c1ccccc1. The third-order valence-corrected chi connectivity index (χ3v) is 6.15. The van der Waals surface area contributed by atoms with Gasteiger partial charge in [-0.1, -0.05) is 59.8 Å². The molecule has 0 aromatic heterocycles. The average Bonchev–Trinajstić information content (AvgIpc) is 2.30. The Balaban J connectivity index is 2.51. The zero-order chi connectivity index (χ0) is 9.80.